The number of rotatable bonds is 7. The van der Waals surface area contributed by atoms with Crippen LogP contribution in [-0.2, 0) is 4.79 Å². The predicted octanol–water partition coefficient (Wildman–Crippen LogP) is 2.90. The maximum absolute atomic E-state index is 12.2. The van der Waals surface area contributed by atoms with Crippen molar-refractivity contribution in [3.63, 3.8) is 0 Å². The third-order valence-corrected chi connectivity index (χ3v) is 4.24. The number of carbonyl (C=O) groups excluding carboxylic acids is 3. The van der Waals surface area contributed by atoms with Gasteiger partial charge < -0.3 is 10.1 Å². The molecule has 3 rings (SSSR count). The summed E-state index contributed by atoms with van der Waals surface area (Å²) in [4.78, 5) is 36.0. The van der Waals surface area contributed by atoms with Crippen LogP contribution < -0.4 is 20.9 Å². The van der Waals surface area contributed by atoms with E-state index in [1.807, 2.05) is 6.92 Å². The lowest BCUT2D eigenvalue weighted by Gasteiger charge is -2.09. The van der Waals surface area contributed by atoms with Gasteiger partial charge in [0.25, 0.3) is 11.8 Å². The molecule has 0 saturated heterocycles. The van der Waals surface area contributed by atoms with E-state index in [4.69, 9.17) is 4.74 Å². The average Bonchev–Trinajstić information content (AvgIpc) is 3.56. The Kier molecular flexibility index (Phi) is 6.26. The first-order valence-electron chi connectivity index (χ1n) is 9.31. The molecule has 0 radical (unpaired) electrons. The van der Waals surface area contributed by atoms with Gasteiger partial charge in [0.2, 0.25) is 5.91 Å². The van der Waals surface area contributed by atoms with E-state index in [1.54, 1.807) is 48.5 Å². The van der Waals surface area contributed by atoms with Gasteiger partial charge in [0.15, 0.2) is 0 Å². The Morgan fingerprint density at radius 1 is 0.893 bits per heavy atom. The molecule has 0 spiro atoms. The van der Waals surface area contributed by atoms with Crippen LogP contribution in [0.4, 0.5) is 5.69 Å². The summed E-state index contributed by atoms with van der Waals surface area (Å²) in [5.41, 5.74) is 6.17. The number of anilines is 1. The summed E-state index contributed by atoms with van der Waals surface area (Å²) < 4.78 is 5.47. The fraction of sp³-hybridized carbons (Fsp3) is 0.286. The van der Waals surface area contributed by atoms with E-state index >= 15 is 0 Å². The van der Waals surface area contributed by atoms with Gasteiger partial charge in [-0.1, -0.05) is 6.92 Å². The Morgan fingerprint density at radius 2 is 1.43 bits per heavy atom. The van der Waals surface area contributed by atoms with Crippen LogP contribution in [0.25, 0.3) is 0 Å². The van der Waals surface area contributed by atoms with Crippen LogP contribution in [0.2, 0.25) is 0 Å². The standard InChI is InChI=1S/C21H23N3O4/c1-2-13-28-18-11-7-16(8-12-18)21(27)24-23-20(26)15-5-9-17(10-6-15)22-19(25)14-3-4-14/h5-12,14H,2-4,13H2,1H3,(H,22,25)(H,23,26)(H,24,27). The number of benzene rings is 2. The number of carbonyl (C=O) groups is 3. The van der Waals surface area contributed by atoms with Crippen molar-refractivity contribution < 1.29 is 19.1 Å². The van der Waals surface area contributed by atoms with Crippen molar-refractivity contribution in [2.24, 2.45) is 5.92 Å². The zero-order valence-electron chi connectivity index (χ0n) is 15.7. The first kappa shape index (κ1) is 19.4. The molecule has 146 valence electrons. The highest BCUT2D eigenvalue weighted by Crippen LogP contribution is 2.30. The molecule has 2 aromatic carbocycles. The fourth-order valence-electron chi connectivity index (χ4n) is 2.48. The van der Waals surface area contributed by atoms with Crippen molar-refractivity contribution in [3.05, 3.63) is 59.7 Å². The lowest BCUT2D eigenvalue weighted by molar-refractivity contribution is -0.117. The van der Waals surface area contributed by atoms with Gasteiger partial charge in [0, 0.05) is 22.7 Å². The van der Waals surface area contributed by atoms with E-state index in [0.717, 1.165) is 19.3 Å². The predicted molar refractivity (Wildman–Crippen MR) is 105 cm³/mol. The van der Waals surface area contributed by atoms with E-state index < -0.39 is 11.8 Å². The number of hydrazine groups is 1. The molecule has 0 heterocycles. The third kappa shape index (κ3) is 5.33. The van der Waals surface area contributed by atoms with Crippen LogP contribution in [0.15, 0.2) is 48.5 Å². The summed E-state index contributed by atoms with van der Waals surface area (Å²) in [5.74, 6) is -0.0580. The zero-order chi connectivity index (χ0) is 19.9. The van der Waals surface area contributed by atoms with Crippen molar-refractivity contribution in [3.8, 4) is 5.75 Å². The minimum absolute atomic E-state index is 0.00979. The second kappa shape index (κ2) is 9.03. The highest BCUT2D eigenvalue weighted by molar-refractivity contribution is 5.99. The van der Waals surface area contributed by atoms with Crippen LogP contribution in [0.3, 0.4) is 0 Å². The van der Waals surface area contributed by atoms with Crippen molar-refractivity contribution >= 4 is 23.4 Å². The van der Waals surface area contributed by atoms with Crippen molar-refractivity contribution in [2.75, 3.05) is 11.9 Å². The summed E-state index contributed by atoms with van der Waals surface area (Å²) >= 11 is 0. The fourth-order valence-corrected chi connectivity index (χ4v) is 2.48. The summed E-state index contributed by atoms with van der Waals surface area (Å²) in [6.45, 7) is 2.63. The molecule has 7 heteroatoms. The SMILES string of the molecule is CCCOc1ccc(C(=O)NNC(=O)c2ccc(NC(=O)C3CC3)cc2)cc1. The second-order valence-corrected chi connectivity index (χ2v) is 6.62. The Hall–Kier alpha value is -3.35. The lowest BCUT2D eigenvalue weighted by atomic mass is 10.2. The molecular weight excluding hydrogens is 358 g/mol. The maximum atomic E-state index is 12.2. The van der Waals surface area contributed by atoms with E-state index in [9.17, 15) is 14.4 Å². The molecule has 3 N–H and O–H groups in total. The first-order valence-corrected chi connectivity index (χ1v) is 9.31. The third-order valence-electron chi connectivity index (χ3n) is 4.24. The molecule has 3 amide bonds. The monoisotopic (exact) mass is 381 g/mol. The molecule has 0 atom stereocenters. The molecule has 0 bridgehead atoms. The molecular formula is C21H23N3O4. The second-order valence-electron chi connectivity index (χ2n) is 6.62. The number of ether oxygens (including phenoxy) is 1. The average molecular weight is 381 g/mol. The van der Waals surface area contributed by atoms with Gasteiger partial charge >= 0.3 is 0 Å². The van der Waals surface area contributed by atoms with Crippen LogP contribution in [0, 0.1) is 5.92 Å². The topological polar surface area (TPSA) is 96.5 Å². The van der Waals surface area contributed by atoms with Crippen molar-refractivity contribution in [1.82, 2.24) is 10.9 Å². The molecule has 2 aromatic rings. The summed E-state index contributed by atoms with van der Waals surface area (Å²) in [7, 11) is 0. The van der Waals surface area contributed by atoms with Gasteiger partial charge in [-0.15, -0.1) is 0 Å². The largest absolute Gasteiger partial charge is 0.494 e. The minimum Gasteiger partial charge on any atom is -0.494 e. The number of nitrogens with one attached hydrogen (secondary N) is 3. The summed E-state index contributed by atoms with van der Waals surface area (Å²) in [5, 5.41) is 2.81. The van der Waals surface area contributed by atoms with Crippen LogP contribution in [0.5, 0.6) is 5.75 Å². The molecule has 1 aliphatic carbocycles. The highest BCUT2D eigenvalue weighted by atomic mass is 16.5. The van der Waals surface area contributed by atoms with E-state index in [2.05, 4.69) is 16.2 Å². The Morgan fingerprint density at radius 3 is 1.93 bits per heavy atom. The van der Waals surface area contributed by atoms with E-state index in [-0.39, 0.29) is 11.8 Å². The molecule has 28 heavy (non-hydrogen) atoms. The molecule has 0 aliphatic heterocycles. The van der Waals surface area contributed by atoms with E-state index in [1.165, 1.54) is 0 Å². The number of amides is 3. The quantitative estimate of drug-likeness (QED) is 0.643. The highest BCUT2D eigenvalue weighted by Gasteiger charge is 2.29. The Bertz CT molecular complexity index is 843. The molecule has 7 nitrogen and oxygen atoms in total. The molecule has 0 aromatic heterocycles. The zero-order valence-corrected chi connectivity index (χ0v) is 15.7. The lowest BCUT2D eigenvalue weighted by Crippen LogP contribution is -2.41. The Balaban J connectivity index is 1.48. The minimum atomic E-state index is -0.448. The van der Waals surface area contributed by atoms with Gasteiger partial charge in [-0.25, -0.2) is 0 Å². The van der Waals surface area contributed by atoms with Crippen molar-refractivity contribution in [1.29, 1.82) is 0 Å². The summed E-state index contributed by atoms with van der Waals surface area (Å²) in [6, 6.07) is 13.2. The number of hydrogen-bond donors (Lipinski definition) is 3. The van der Waals surface area contributed by atoms with Gasteiger partial charge in [-0.05, 0) is 67.8 Å². The normalized spacial score (nSPS) is 12.8. The van der Waals surface area contributed by atoms with Crippen molar-refractivity contribution in [2.45, 2.75) is 26.2 Å². The first-order chi connectivity index (χ1) is 13.6. The van der Waals surface area contributed by atoms with Gasteiger partial charge in [0.1, 0.15) is 5.75 Å². The van der Waals surface area contributed by atoms with Gasteiger partial charge in [-0.2, -0.15) is 0 Å². The smallest absolute Gasteiger partial charge is 0.269 e. The van der Waals surface area contributed by atoms with E-state index in [0.29, 0.717) is 29.2 Å². The molecule has 1 fully saturated rings. The maximum Gasteiger partial charge on any atom is 0.269 e. The Labute approximate surface area is 163 Å². The van der Waals surface area contributed by atoms with Crippen LogP contribution >= 0.6 is 0 Å². The number of hydrogen-bond acceptors (Lipinski definition) is 4. The molecule has 1 saturated carbocycles. The molecule has 0 unspecified atom stereocenters. The van der Waals surface area contributed by atoms with Gasteiger partial charge in [-0.3, -0.25) is 25.2 Å². The van der Waals surface area contributed by atoms with Crippen LogP contribution in [-0.4, -0.2) is 24.3 Å². The molecule has 1 aliphatic rings. The van der Waals surface area contributed by atoms with Crippen LogP contribution in [0.1, 0.15) is 46.9 Å². The summed E-state index contributed by atoms with van der Waals surface area (Å²) in [6.07, 6.45) is 2.77. The van der Waals surface area contributed by atoms with Gasteiger partial charge in [0.05, 0.1) is 6.61 Å².